The SMILES string of the molecule is CN(C)C(=O)c1cccc(NC(=O)CCc2ccc(Cl)cc2)c1. The highest BCUT2D eigenvalue weighted by atomic mass is 35.5. The summed E-state index contributed by atoms with van der Waals surface area (Å²) in [5.74, 6) is -0.184. The molecule has 0 aliphatic rings. The lowest BCUT2D eigenvalue weighted by atomic mass is 10.1. The van der Waals surface area contributed by atoms with E-state index in [1.54, 1.807) is 38.4 Å². The molecule has 0 atom stereocenters. The molecule has 0 unspecified atom stereocenters. The molecular formula is C18H19ClN2O2. The van der Waals surface area contributed by atoms with Crippen molar-refractivity contribution in [3.8, 4) is 0 Å². The van der Waals surface area contributed by atoms with Gasteiger partial charge < -0.3 is 10.2 Å². The van der Waals surface area contributed by atoms with Gasteiger partial charge in [0.25, 0.3) is 5.91 Å². The maximum Gasteiger partial charge on any atom is 0.253 e. The third-order valence-corrected chi connectivity index (χ3v) is 3.61. The molecule has 0 aliphatic heterocycles. The molecule has 0 bridgehead atoms. The normalized spacial score (nSPS) is 10.2. The van der Waals surface area contributed by atoms with E-state index in [0.29, 0.717) is 29.1 Å². The monoisotopic (exact) mass is 330 g/mol. The fourth-order valence-corrected chi connectivity index (χ4v) is 2.25. The first-order chi connectivity index (χ1) is 11.0. The smallest absolute Gasteiger partial charge is 0.253 e. The maximum absolute atomic E-state index is 12.0. The Morgan fingerprint density at radius 1 is 1.09 bits per heavy atom. The number of anilines is 1. The molecule has 0 fully saturated rings. The Hall–Kier alpha value is -2.33. The van der Waals surface area contributed by atoms with Crippen LogP contribution in [0.2, 0.25) is 5.02 Å². The summed E-state index contributed by atoms with van der Waals surface area (Å²) < 4.78 is 0. The van der Waals surface area contributed by atoms with Crippen LogP contribution in [0.5, 0.6) is 0 Å². The zero-order valence-electron chi connectivity index (χ0n) is 13.2. The number of hydrogen-bond acceptors (Lipinski definition) is 2. The summed E-state index contributed by atoms with van der Waals surface area (Å²) in [6.45, 7) is 0. The molecule has 23 heavy (non-hydrogen) atoms. The average molecular weight is 331 g/mol. The lowest BCUT2D eigenvalue weighted by molar-refractivity contribution is -0.116. The Kier molecular flexibility index (Phi) is 5.77. The molecule has 2 aromatic carbocycles. The quantitative estimate of drug-likeness (QED) is 0.910. The van der Waals surface area contributed by atoms with E-state index in [-0.39, 0.29) is 11.8 Å². The minimum absolute atomic E-state index is 0.0885. The number of carbonyl (C=O) groups excluding carboxylic acids is 2. The van der Waals surface area contributed by atoms with Crippen molar-refractivity contribution in [2.45, 2.75) is 12.8 Å². The molecule has 0 spiro atoms. The van der Waals surface area contributed by atoms with Crippen LogP contribution in [0.15, 0.2) is 48.5 Å². The predicted octanol–water partition coefficient (Wildman–Crippen LogP) is 3.61. The van der Waals surface area contributed by atoms with Gasteiger partial charge in [0.2, 0.25) is 5.91 Å². The number of benzene rings is 2. The molecule has 0 saturated heterocycles. The van der Waals surface area contributed by atoms with E-state index in [1.165, 1.54) is 4.90 Å². The molecule has 0 heterocycles. The van der Waals surface area contributed by atoms with Crippen molar-refractivity contribution in [3.63, 3.8) is 0 Å². The average Bonchev–Trinajstić information content (AvgIpc) is 2.53. The van der Waals surface area contributed by atoms with Gasteiger partial charge in [0.1, 0.15) is 0 Å². The largest absolute Gasteiger partial charge is 0.345 e. The van der Waals surface area contributed by atoms with Gasteiger partial charge >= 0.3 is 0 Å². The van der Waals surface area contributed by atoms with Crippen LogP contribution in [-0.4, -0.2) is 30.8 Å². The highest BCUT2D eigenvalue weighted by molar-refractivity contribution is 6.30. The van der Waals surface area contributed by atoms with E-state index < -0.39 is 0 Å². The van der Waals surface area contributed by atoms with Crippen molar-refractivity contribution >= 4 is 29.1 Å². The number of hydrogen-bond donors (Lipinski definition) is 1. The molecule has 5 heteroatoms. The van der Waals surface area contributed by atoms with E-state index in [1.807, 2.05) is 24.3 Å². The standard InChI is InChI=1S/C18H19ClN2O2/c1-21(2)18(23)14-4-3-5-16(12-14)20-17(22)11-8-13-6-9-15(19)10-7-13/h3-7,9-10,12H,8,11H2,1-2H3,(H,20,22). The van der Waals surface area contributed by atoms with Crippen molar-refractivity contribution < 1.29 is 9.59 Å². The van der Waals surface area contributed by atoms with Gasteiger partial charge in [0.05, 0.1) is 0 Å². The van der Waals surface area contributed by atoms with Gasteiger partial charge in [-0.25, -0.2) is 0 Å². The van der Waals surface area contributed by atoms with Crippen LogP contribution >= 0.6 is 11.6 Å². The van der Waals surface area contributed by atoms with Crippen LogP contribution < -0.4 is 5.32 Å². The number of halogens is 1. The molecule has 2 amide bonds. The summed E-state index contributed by atoms with van der Waals surface area (Å²) in [4.78, 5) is 25.5. The van der Waals surface area contributed by atoms with Crippen LogP contribution in [0.3, 0.4) is 0 Å². The second kappa shape index (κ2) is 7.79. The minimum Gasteiger partial charge on any atom is -0.345 e. The summed E-state index contributed by atoms with van der Waals surface area (Å²) in [6.07, 6.45) is 1.01. The fourth-order valence-electron chi connectivity index (χ4n) is 2.12. The van der Waals surface area contributed by atoms with E-state index >= 15 is 0 Å². The third kappa shape index (κ3) is 5.11. The number of aryl methyl sites for hydroxylation is 1. The number of nitrogens with one attached hydrogen (secondary N) is 1. The van der Waals surface area contributed by atoms with Gasteiger partial charge in [0.15, 0.2) is 0 Å². The Morgan fingerprint density at radius 2 is 1.78 bits per heavy atom. The Balaban J connectivity index is 1.93. The van der Waals surface area contributed by atoms with Crippen LogP contribution in [-0.2, 0) is 11.2 Å². The molecule has 1 N–H and O–H groups in total. The van der Waals surface area contributed by atoms with E-state index in [2.05, 4.69) is 5.32 Å². The van der Waals surface area contributed by atoms with E-state index in [9.17, 15) is 9.59 Å². The Bertz CT molecular complexity index is 696. The van der Waals surface area contributed by atoms with Gasteiger partial charge in [-0.3, -0.25) is 9.59 Å². The molecule has 2 rings (SSSR count). The predicted molar refractivity (Wildman–Crippen MR) is 92.9 cm³/mol. The van der Waals surface area contributed by atoms with Crippen LogP contribution in [0.1, 0.15) is 22.3 Å². The van der Waals surface area contributed by atoms with Crippen LogP contribution in [0.4, 0.5) is 5.69 Å². The number of carbonyl (C=O) groups is 2. The molecule has 0 aromatic heterocycles. The lowest BCUT2D eigenvalue weighted by Crippen LogP contribution is -2.22. The summed E-state index contributed by atoms with van der Waals surface area (Å²) in [6, 6.07) is 14.4. The van der Waals surface area contributed by atoms with Crippen molar-refractivity contribution in [2.24, 2.45) is 0 Å². The van der Waals surface area contributed by atoms with Gasteiger partial charge in [-0.2, -0.15) is 0 Å². The van der Waals surface area contributed by atoms with Crippen LogP contribution in [0, 0.1) is 0 Å². The minimum atomic E-state index is -0.0951. The topological polar surface area (TPSA) is 49.4 Å². The zero-order valence-corrected chi connectivity index (χ0v) is 13.9. The molecule has 0 aliphatic carbocycles. The summed E-state index contributed by atoms with van der Waals surface area (Å²) in [5.41, 5.74) is 2.23. The first-order valence-electron chi connectivity index (χ1n) is 7.32. The van der Waals surface area contributed by atoms with Crippen molar-refractivity contribution in [1.29, 1.82) is 0 Å². The maximum atomic E-state index is 12.0. The van der Waals surface area contributed by atoms with Crippen molar-refractivity contribution in [3.05, 3.63) is 64.7 Å². The van der Waals surface area contributed by atoms with Crippen molar-refractivity contribution in [1.82, 2.24) is 4.90 Å². The molecular weight excluding hydrogens is 312 g/mol. The molecule has 2 aromatic rings. The van der Waals surface area contributed by atoms with Gasteiger partial charge in [-0.1, -0.05) is 29.8 Å². The second-order valence-corrected chi connectivity index (χ2v) is 5.89. The lowest BCUT2D eigenvalue weighted by Gasteiger charge is -2.11. The second-order valence-electron chi connectivity index (χ2n) is 5.46. The third-order valence-electron chi connectivity index (χ3n) is 3.35. The van der Waals surface area contributed by atoms with E-state index in [0.717, 1.165) is 5.56 Å². The molecule has 0 saturated carbocycles. The fraction of sp³-hybridized carbons (Fsp3) is 0.222. The highest BCUT2D eigenvalue weighted by Gasteiger charge is 2.09. The summed E-state index contributed by atoms with van der Waals surface area (Å²) in [5, 5.41) is 3.50. The molecule has 0 radical (unpaired) electrons. The van der Waals surface area contributed by atoms with E-state index in [4.69, 9.17) is 11.6 Å². The van der Waals surface area contributed by atoms with Crippen LogP contribution in [0.25, 0.3) is 0 Å². The Labute approximate surface area is 141 Å². The van der Waals surface area contributed by atoms with Gasteiger partial charge in [0, 0.05) is 36.8 Å². The number of rotatable bonds is 5. The van der Waals surface area contributed by atoms with Gasteiger partial charge in [-0.15, -0.1) is 0 Å². The van der Waals surface area contributed by atoms with Gasteiger partial charge in [-0.05, 0) is 42.3 Å². The summed E-state index contributed by atoms with van der Waals surface area (Å²) >= 11 is 5.83. The number of nitrogens with zero attached hydrogens (tertiary/aromatic N) is 1. The highest BCUT2D eigenvalue weighted by Crippen LogP contribution is 2.14. The first-order valence-corrected chi connectivity index (χ1v) is 7.69. The Morgan fingerprint density at radius 3 is 2.43 bits per heavy atom. The number of amides is 2. The molecule has 120 valence electrons. The van der Waals surface area contributed by atoms with Crippen molar-refractivity contribution in [2.75, 3.05) is 19.4 Å². The zero-order chi connectivity index (χ0) is 16.8. The first kappa shape index (κ1) is 17.0. The summed E-state index contributed by atoms with van der Waals surface area (Å²) in [7, 11) is 3.39. The molecule has 4 nitrogen and oxygen atoms in total.